The lowest BCUT2D eigenvalue weighted by Crippen LogP contribution is -2.24. The van der Waals surface area contributed by atoms with Crippen LogP contribution < -0.4 is 5.32 Å². The van der Waals surface area contributed by atoms with Crippen molar-refractivity contribution in [3.05, 3.63) is 59.4 Å². The molecule has 1 aromatic carbocycles. The number of benzene rings is 1. The monoisotopic (exact) mass is 442 g/mol. The summed E-state index contributed by atoms with van der Waals surface area (Å²) in [6.07, 6.45) is 0.492. The maximum atomic E-state index is 12.7. The van der Waals surface area contributed by atoms with Gasteiger partial charge in [0.25, 0.3) is 5.91 Å². The second kappa shape index (κ2) is 7.37. The molecule has 1 N–H and O–H groups in total. The zero-order valence-corrected chi connectivity index (χ0v) is 17.4. The number of carbonyl (C=O) groups is 1. The van der Waals surface area contributed by atoms with Crippen LogP contribution in [0.15, 0.2) is 52.3 Å². The van der Waals surface area contributed by atoms with Crippen LogP contribution in [-0.2, 0) is 16.4 Å². The highest BCUT2D eigenvalue weighted by Crippen LogP contribution is 2.32. The number of oxazole rings is 1. The Bertz CT molecular complexity index is 1290. The molecular weight excluding hydrogens is 424 g/mol. The molecule has 30 heavy (non-hydrogen) atoms. The number of hydrogen-bond acceptors (Lipinski definition) is 7. The Morgan fingerprint density at radius 1 is 1.27 bits per heavy atom. The van der Waals surface area contributed by atoms with E-state index in [1.807, 2.05) is 41.8 Å². The van der Waals surface area contributed by atoms with E-state index < -0.39 is 9.84 Å². The summed E-state index contributed by atoms with van der Waals surface area (Å²) in [6, 6.07) is 12.7. The van der Waals surface area contributed by atoms with E-state index in [9.17, 15) is 13.2 Å². The zero-order chi connectivity index (χ0) is 20.7. The largest absolute Gasteiger partial charge is 0.439 e. The Morgan fingerprint density at radius 3 is 2.87 bits per heavy atom. The van der Waals surface area contributed by atoms with Gasteiger partial charge in [0.2, 0.25) is 5.89 Å². The summed E-state index contributed by atoms with van der Waals surface area (Å²) in [7, 11) is -3.08. The lowest BCUT2D eigenvalue weighted by Gasteiger charge is -2.12. The van der Waals surface area contributed by atoms with Crippen molar-refractivity contribution in [2.75, 3.05) is 11.5 Å². The highest BCUT2D eigenvalue weighted by molar-refractivity contribution is 7.91. The molecular formula is C20H18N4O4S2. The summed E-state index contributed by atoms with van der Waals surface area (Å²) in [5, 5.41) is 9.18. The summed E-state index contributed by atoms with van der Waals surface area (Å²) in [6.45, 7) is 0.131. The fourth-order valence-corrected chi connectivity index (χ4v) is 6.03. The molecule has 0 bridgehead atoms. The topological polar surface area (TPSA) is 107 Å². The molecule has 1 fully saturated rings. The Balaban J connectivity index is 1.39. The quantitative estimate of drug-likeness (QED) is 0.509. The van der Waals surface area contributed by atoms with Crippen molar-refractivity contribution < 1.29 is 17.6 Å². The minimum absolute atomic E-state index is 0.0387. The number of para-hydroxylation sites is 2. The number of fused-ring (bicyclic) bond motifs is 1. The molecule has 0 aliphatic carbocycles. The van der Waals surface area contributed by atoms with E-state index in [1.165, 1.54) is 11.3 Å². The number of nitrogens with zero attached hydrogens (tertiary/aromatic N) is 3. The van der Waals surface area contributed by atoms with Gasteiger partial charge in [-0.1, -0.05) is 18.2 Å². The number of rotatable bonds is 5. The second-order valence-corrected chi connectivity index (χ2v) is 10.3. The van der Waals surface area contributed by atoms with Gasteiger partial charge in [-0.3, -0.25) is 9.48 Å². The molecule has 0 saturated carbocycles. The van der Waals surface area contributed by atoms with Crippen LogP contribution in [0.3, 0.4) is 0 Å². The SMILES string of the molecule is O=C(NCc1nc2ccccc2o1)c1cc(-c2cccs2)n(C2CCS(=O)(=O)C2)n1. The molecule has 1 aliphatic rings. The molecule has 8 nitrogen and oxygen atoms in total. The predicted molar refractivity (Wildman–Crippen MR) is 113 cm³/mol. The first kappa shape index (κ1) is 19.0. The molecule has 1 atom stereocenters. The van der Waals surface area contributed by atoms with E-state index in [1.54, 1.807) is 10.7 Å². The maximum Gasteiger partial charge on any atom is 0.272 e. The minimum Gasteiger partial charge on any atom is -0.439 e. The third-order valence-electron chi connectivity index (χ3n) is 5.03. The predicted octanol–water partition coefficient (Wildman–Crippen LogP) is 3.04. The highest BCUT2D eigenvalue weighted by Gasteiger charge is 2.32. The first-order valence-electron chi connectivity index (χ1n) is 9.45. The van der Waals surface area contributed by atoms with E-state index in [2.05, 4.69) is 15.4 Å². The first-order chi connectivity index (χ1) is 14.5. The molecule has 10 heteroatoms. The standard InChI is InChI=1S/C20H18N4O4S2/c25-20(21-11-19-22-14-4-1-2-5-17(14)28-19)15-10-16(18-6-3-8-29-18)24(23-15)13-7-9-30(26,27)12-13/h1-6,8,10,13H,7,9,11-12H2,(H,21,25). The Kier molecular flexibility index (Phi) is 4.67. The summed E-state index contributed by atoms with van der Waals surface area (Å²) in [5.41, 5.74) is 2.37. The summed E-state index contributed by atoms with van der Waals surface area (Å²) in [5.74, 6) is 0.219. The van der Waals surface area contributed by atoms with Crippen molar-refractivity contribution in [1.82, 2.24) is 20.1 Å². The van der Waals surface area contributed by atoms with Crippen molar-refractivity contribution >= 4 is 38.2 Å². The van der Waals surface area contributed by atoms with E-state index >= 15 is 0 Å². The number of carbonyl (C=O) groups excluding carboxylic acids is 1. The van der Waals surface area contributed by atoms with Crippen molar-refractivity contribution in [2.45, 2.75) is 19.0 Å². The van der Waals surface area contributed by atoms with Crippen molar-refractivity contribution in [2.24, 2.45) is 0 Å². The fraction of sp³-hybridized carbons (Fsp3) is 0.250. The first-order valence-corrected chi connectivity index (χ1v) is 12.2. The summed E-state index contributed by atoms with van der Waals surface area (Å²) < 4.78 is 31.2. The number of nitrogens with one attached hydrogen (secondary N) is 1. The van der Waals surface area contributed by atoms with Gasteiger partial charge < -0.3 is 9.73 Å². The number of aromatic nitrogens is 3. The van der Waals surface area contributed by atoms with Crippen LogP contribution in [0.25, 0.3) is 21.7 Å². The summed E-state index contributed by atoms with van der Waals surface area (Å²) in [4.78, 5) is 18.0. The van der Waals surface area contributed by atoms with Gasteiger partial charge in [-0.05, 0) is 36.1 Å². The summed E-state index contributed by atoms with van der Waals surface area (Å²) >= 11 is 1.52. The fourth-order valence-electron chi connectivity index (χ4n) is 3.60. The van der Waals surface area contributed by atoms with Crippen molar-refractivity contribution in [1.29, 1.82) is 0 Å². The average Bonchev–Trinajstić information content (AvgIpc) is 3.49. The molecule has 3 aromatic heterocycles. The minimum atomic E-state index is -3.08. The van der Waals surface area contributed by atoms with Gasteiger partial charge in [-0.25, -0.2) is 13.4 Å². The maximum absolute atomic E-state index is 12.7. The van der Waals surface area contributed by atoms with E-state index in [4.69, 9.17) is 4.42 Å². The molecule has 4 heterocycles. The van der Waals surface area contributed by atoms with E-state index in [-0.39, 0.29) is 35.7 Å². The van der Waals surface area contributed by atoms with Crippen LogP contribution in [0.4, 0.5) is 0 Å². The van der Waals surface area contributed by atoms with Gasteiger partial charge in [0.05, 0.1) is 34.7 Å². The van der Waals surface area contributed by atoms with E-state index in [0.29, 0.717) is 17.9 Å². The molecule has 154 valence electrons. The Morgan fingerprint density at radius 2 is 2.13 bits per heavy atom. The van der Waals surface area contributed by atoms with Crippen molar-refractivity contribution in [3.8, 4) is 10.6 Å². The third-order valence-corrected chi connectivity index (χ3v) is 7.68. The zero-order valence-electron chi connectivity index (χ0n) is 15.8. The smallest absolute Gasteiger partial charge is 0.272 e. The van der Waals surface area contributed by atoms with Gasteiger partial charge >= 0.3 is 0 Å². The number of amides is 1. The van der Waals surface area contributed by atoms with Crippen LogP contribution in [-0.4, -0.2) is 40.6 Å². The molecule has 4 aromatic rings. The third kappa shape index (κ3) is 3.63. The number of hydrogen-bond donors (Lipinski definition) is 1. The molecule has 0 spiro atoms. The van der Waals surface area contributed by atoms with Gasteiger partial charge in [0.15, 0.2) is 21.1 Å². The Hall–Kier alpha value is -2.98. The lowest BCUT2D eigenvalue weighted by molar-refractivity contribution is 0.0941. The lowest BCUT2D eigenvalue weighted by atomic mass is 10.2. The van der Waals surface area contributed by atoms with Gasteiger partial charge in [0, 0.05) is 0 Å². The van der Waals surface area contributed by atoms with Crippen LogP contribution in [0.1, 0.15) is 28.8 Å². The second-order valence-electron chi connectivity index (χ2n) is 7.15. The van der Waals surface area contributed by atoms with E-state index in [0.717, 1.165) is 16.1 Å². The van der Waals surface area contributed by atoms with Gasteiger partial charge in [-0.2, -0.15) is 5.10 Å². The van der Waals surface area contributed by atoms with Crippen LogP contribution in [0.2, 0.25) is 0 Å². The van der Waals surface area contributed by atoms with Crippen LogP contribution in [0.5, 0.6) is 0 Å². The Labute approximate surface area is 176 Å². The number of thiophene rings is 1. The normalized spacial score (nSPS) is 18.1. The average molecular weight is 443 g/mol. The molecule has 1 amide bonds. The van der Waals surface area contributed by atoms with Gasteiger partial charge in [-0.15, -0.1) is 11.3 Å². The molecule has 1 saturated heterocycles. The molecule has 1 unspecified atom stereocenters. The molecule has 0 radical (unpaired) electrons. The van der Waals surface area contributed by atoms with Gasteiger partial charge in [0.1, 0.15) is 5.52 Å². The highest BCUT2D eigenvalue weighted by atomic mass is 32.2. The molecule has 1 aliphatic heterocycles. The number of sulfone groups is 1. The van der Waals surface area contributed by atoms with Crippen LogP contribution in [0, 0.1) is 0 Å². The van der Waals surface area contributed by atoms with Crippen LogP contribution >= 0.6 is 11.3 Å². The molecule has 5 rings (SSSR count). The van der Waals surface area contributed by atoms with Crippen molar-refractivity contribution in [3.63, 3.8) is 0 Å².